The molecule has 2 N–H and O–H groups in total. The second kappa shape index (κ2) is 8.35. The fourth-order valence-electron chi connectivity index (χ4n) is 3.71. The highest BCUT2D eigenvalue weighted by Gasteiger charge is 2.28. The SMILES string of the molecule is Cc1ccccc1NS(=O)(=O)c1ccc(C(=O)NC2CCCC(C)C2C)cc1. The first kappa shape index (κ1) is 20.4. The first-order chi connectivity index (χ1) is 13.3. The smallest absolute Gasteiger partial charge is 0.261 e. The van der Waals surface area contributed by atoms with Crippen LogP contribution in [-0.4, -0.2) is 20.4 Å². The summed E-state index contributed by atoms with van der Waals surface area (Å²) < 4.78 is 27.8. The van der Waals surface area contributed by atoms with Gasteiger partial charge in [-0.25, -0.2) is 8.42 Å². The molecule has 1 saturated carbocycles. The lowest BCUT2D eigenvalue weighted by molar-refractivity contribution is 0.0891. The van der Waals surface area contributed by atoms with E-state index in [-0.39, 0.29) is 16.8 Å². The number of sulfonamides is 1. The molecular weight excluding hydrogens is 372 g/mol. The Morgan fingerprint density at radius 2 is 1.68 bits per heavy atom. The summed E-state index contributed by atoms with van der Waals surface area (Å²) in [7, 11) is -3.70. The van der Waals surface area contributed by atoms with Crippen molar-refractivity contribution in [3.05, 3.63) is 59.7 Å². The third-order valence-corrected chi connectivity index (χ3v) is 7.22. The van der Waals surface area contributed by atoms with Crippen LogP contribution in [0.1, 0.15) is 49.0 Å². The summed E-state index contributed by atoms with van der Waals surface area (Å²) in [4.78, 5) is 12.7. The molecule has 3 unspecified atom stereocenters. The maximum atomic E-state index is 12.6. The van der Waals surface area contributed by atoms with Crippen molar-refractivity contribution >= 4 is 21.6 Å². The third kappa shape index (κ3) is 4.55. The van der Waals surface area contributed by atoms with Crippen molar-refractivity contribution in [2.24, 2.45) is 11.8 Å². The first-order valence-corrected chi connectivity index (χ1v) is 11.3. The zero-order valence-electron chi connectivity index (χ0n) is 16.6. The molecule has 0 aliphatic heterocycles. The lowest BCUT2D eigenvalue weighted by atomic mass is 9.78. The number of benzene rings is 2. The van der Waals surface area contributed by atoms with E-state index in [1.54, 1.807) is 24.3 Å². The van der Waals surface area contributed by atoms with Crippen molar-refractivity contribution < 1.29 is 13.2 Å². The minimum atomic E-state index is -3.70. The van der Waals surface area contributed by atoms with E-state index in [4.69, 9.17) is 0 Å². The van der Waals surface area contributed by atoms with E-state index < -0.39 is 10.0 Å². The number of amides is 1. The van der Waals surface area contributed by atoms with Gasteiger partial charge in [0.15, 0.2) is 0 Å². The zero-order chi connectivity index (χ0) is 20.3. The highest BCUT2D eigenvalue weighted by atomic mass is 32.2. The second-order valence-corrected chi connectivity index (χ2v) is 9.47. The number of aryl methyl sites for hydroxylation is 1. The standard InChI is InChI=1S/C22H28N2O3S/c1-15-8-6-10-21(17(15)3)23-22(25)18-11-13-19(14-12-18)28(26,27)24-20-9-5-4-7-16(20)2/h4-5,7,9,11-15,17,21,24H,6,8,10H2,1-3H3,(H,23,25). The lowest BCUT2D eigenvalue weighted by Gasteiger charge is -2.34. The number of carbonyl (C=O) groups excluding carboxylic acids is 1. The highest BCUT2D eigenvalue weighted by Crippen LogP contribution is 2.29. The van der Waals surface area contributed by atoms with Crippen molar-refractivity contribution in [3.63, 3.8) is 0 Å². The number of nitrogens with one attached hydrogen (secondary N) is 2. The monoisotopic (exact) mass is 400 g/mol. The highest BCUT2D eigenvalue weighted by molar-refractivity contribution is 7.92. The second-order valence-electron chi connectivity index (χ2n) is 7.79. The average molecular weight is 401 g/mol. The van der Waals surface area contributed by atoms with E-state index in [0.29, 0.717) is 23.1 Å². The number of carbonyl (C=O) groups is 1. The van der Waals surface area contributed by atoms with Crippen LogP contribution in [0.15, 0.2) is 53.4 Å². The molecule has 3 rings (SSSR count). The van der Waals surface area contributed by atoms with Crippen molar-refractivity contribution in [2.75, 3.05) is 4.72 Å². The Kier molecular flexibility index (Phi) is 6.08. The number of hydrogen-bond acceptors (Lipinski definition) is 3. The predicted molar refractivity (Wildman–Crippen MR) is 112 cm³/mol. The molecule has 0 aromatic heterocycles. The van der Waals surface area contributed by atoms with Crippen LogP contribution in [0.5, 0.6) is 0 Å². The Balaban J connectivity index is 1.70. The first-order valence-electron chi connectivity index (χ1n) is 9.77. The summed E-state index contributed by atoms with van der Waals surface area (Å²) >= 11 is 0. The van der Waals surface area contributed by atoms with Gasteiger partial charge in [-0.15, -0.1) is 0 Å². The molecular formula is C22H28N2O3S. The van der Waals surface area contributed by atoms with Gasteiger partial charge in [0.05, 0.1) is 10.6 Å². The number of para-hydroxylation sites is 1. The van der Waals surface area contributed by atoms with Crippen LogP contribution in [-0.2, 0) is 10.0 Å². The van der Waals surface area contributed by atoms with Gasteiger partial charge in [-0.2, -0.15) is 0 Å². The van der Waals surface area contributed by atoms with Gasteiger partial charge >= 0.3 is 0 Å². The van der Waals surface area contributed by atoms with Crippen molar-refractivity contribution in [1.29, 1.82) is 0 Å². The minimum Gasteiger partial charge on any atom is -0.349 e. The van der Waals surface area contributed by atoms with Crippen LogP contribution < -0.4 is 10.0 Å². The zero-order valence-corrected chi connectivity index (χ0v) is 17.4. The van der Waals surface area contributed by atoms with Crippen LogP contribution in [0.25, 0.3) is 0 Å². The van der Waals surface area contributed by atoms with E-state index in [1.807, 2.05) is 19.1 Å². The molecule has 150 valence electrons. The van der Waals surface area contributed by atoms with E-state index in [1.165, 1.54) is 18.6 Å². The molecule has 0 saturated heterocycles. The fourth-order valence-corrected chi connectivity index (χ4v) is 4.84. The molecule has 2 aromatic carbocycles. The molecule has 28 heavy (non-hydrogen) atoms. The lowest BCUT2D eigenvalue weighted by Crippen LogP contribution is -2.43. The summed E-state index contributed by atoms with van der Waals surface area (Å²) in [5.74, 6) is 0.886. The fraction of sp³-hybridized carbons (Fsp3) is 0.409. The minimum absolute atomic E-state index is 0.131. The van der Waals surface area contributed by atoms with Crippen LogP contribution in [0.4, 0.5) is 5.69 Å². The van der Waals surface area contributed by atoms with E-state index in [2.05, 4.69) is 23.9 Å². The van der Waals surface area contributed by atoms with Gasteiger partial charge in [0, 0.05) is 11.6 Å². The quantitative estimate of drug-likeness (QED) is 0.783. The van der Waals surface area contributed by atoms with Crippen molar-refractivity contribution in [2.45, 2.75) is 51.0 Å². The molecule has 2 aromatic rings. The average Bonchev–Trinajstić information content (AvgIpc) is 2.67. The Labute approximate surface area is 167 Å². The predicted octanol–water partition coefficient (Wildman–Crippen LogP) is 4.35. The summed E-state index contributed by atoms with van der Waals surface area (Å²) in [6.45, 7) is 6.25. The van der Waals surface area contributed by atoms with E-state index >= 15 is 0 Å². The summed E-state index contributed by atoms with van der Waals surface area (Å²) in [6.07, 6.45) is 3.32. The van der Waals surface area contributed by atoms with Gasteiger partial charge in [-0.05, 0) is 61.1 Å². The maximum Gasteiger partial charge on any atom is 0.261 e. The molecule has 1 aliphatic carbocycles. The molecule has 6 heteroatoms. The van der Waals surface area contributed by atoms with Gasteiger partial charge in [-0.3, -0.25) is 9.52 Å². The van der Waals surface area contributed by atoms with Crippen LogP contribution in [0.3, 0.4) is 0 Å². The van der Waals surface area contributed by atoms with Gasteiger partial charge in [0.25, 0.3) is 15.9 Å². The van der Waals surface area contributed by atoms with Gasteiger partial charge in [0.2, 0.25) is 0 Å². The van der Waals surface area contributed by atoms with Crippen LogP contribution in [0, 0.1) is 18.8 Å². The van der Waals surface area contributed by atoms with E-state index in [0.717, 1.165) is 18.4 Å². The number of anilines is 1. The summed E-state index contributed by atoms with van der Waals surface area (Å²) in [6, 6.07) is 13.5. The third-order valence-electron chi connectivity index (χ3n) is 5.84. The molecule has 0 spiro atoms. The summed E-state index contributed by atoms with van der Waals surface area (Å²) in [5.41, 5.74) is 1.86. The van der Waals surface area contributed by atoms with Crippen LogP contribution in [0.2, 0.25) is 0 Å². The summed E-state index contributed by atoms with van der Waals surface area (Å²) in [5, 5.41) is 3.12. The Morgan fingerprint density at radius 3 is 2.36 bits per heavy atom. The van der Waals surface area contributed by atoms with E-state index in [9.17, 15) is 13.2 Å². The number of hydrogen-bond donors (Lipinski definition) is 2. The molecule has 1 fully saturated rings. The molecule has 0 heterocycles. The van der Waals surface area contributed by atoms with Crippen LogP contribution >= 0.6 is 0 Å². The normalized spacial score (nSPS) is 22.5. The van der Waals surface area contributed by atoms with Crippen molar-refractivity contribution in [1.82, 2.24) is 5.32 Å². The Hall–Kier alpha value is -2.34. The molecule has 5 nitrogen and oxygen atoms in total. The maximum absolute atomic E-state index is 12.6. The molecule has 1 amide bonds. The number of rotatable bonds is 5. The molecule has 3 atom stereocenters. The molecule has 1 aliphatic rings. The van der Waals surface area contributed by atoms with Gasteiger partial charge in [0.1, 0.15) is 0 Å². The largest absolute Gasteiger partial charge is 0.349 e. The Bertz CT molecular complexity index is 939. The van der Waals surface area contributed by atoms with Gasteiger partial charge in [-0.1, -0.05) is 44.9 Å². The van der Waals surface area contributed by atoms with Crippen molar-refractivity contribution in [3.8, 4) is 0 Å². The molecule has 0 radical (unpaired) electrons. The van der Waals surface area contributed by atoms with Gasteiger partial charge < -0.3 is 5.32 Å². The molecule has 0 bridgehead atoms. The Morgan fingerprint density at radius 1 is 1.00 bits per heavy atom. The topological polar surface area (TPSA) is 75.3 Å².